The van der Waals surface area contributed by atoms with E-state index >= 15 is 0 Å². The van der Waals surface area contributed by atoms with Crippen molar-refractivity contribution in [2.45, 2.75) is 13.0 Å². The average molecular weight is 375 g/mol. The minimum atomic E-state index is -0.409. The molecule has 0 saturated heterocycles. The first-order valence-electron chi connectivity index (χ1n) is 5.99. The molecule has 106 valence electrons. The number of benzene rings is 2. The summed E-state index contributed by atoms with van der Waals surface area (Å²) in [6, 6.07) is 8.93. The third-order valence-electron chi connectivity index (χ3n) is 3.16. The molecule has 0 heterocycles. The topological polar surface area (TPSA) is 35.2 Å². The van der Waals surface area contributed by atoms with Crippen LogP contribution in [0.25, 0.3) is 0 Å². The normalized spacial score (nSPS) is 12.3. The van der Waals surface area contributed by atoms with Crippen molar-refractivity contribution in [1.82, 2.24) is 0 Å². The van der Waals surface area contributed by atoms with E-state index < -0.39 is 6.04 Å². The lowest BCUT2D eigenvalue weighted by Gasteiger charge is -2.19. The van der Waals surface area contributed by atoms with E-state index in [0.29, 0.717) is 10.0 Å². The molecule has 0 saturated carbocycles. The lowest BCUT2D eigenvalue weighted by molar-refractivity contribution is 0.407. The van der Waals surface area contributed by atoms with Crippen LogP contribution in [0.4, 0.5) is 0 Å². The number of nitrogens with two attached hydrogens (primary N) is 1. The van der Waals surface area contributed by atoms with Crippen LogP contribution >= 0.6 is 39.1 Å². The van der Waals surface area contributed by atoms with Gasteiger partial charge in [-0.2, -0.15) is 0 Å². The summed E-state index contributed by atoms with van der Waals surface area (Å²) >= 11 is 15.8. The van der Waals surface area contributed by atoms with Crippen LogP contribution in [0.5, 0.6) is 5.75 Å². The molecule has 0 aliphatic carbocycles. The Hall–Kier alpha value is -0.740. The molecule has 2 aromatic rings. The Balaban J connectivity index is 2.55. The predicted molar refractivity (Wildman–Crippen MR) is 87.9 cm³/mol. The van der Waals surface area contributed by atoms with Gasteiger partial charge in [0.15, 0.2) is 0 Å². The minimum absolute atomic E-state index is 0.409. The number of methoxy groups -OCH3 is 1. The summed E-state index contributed by atoms with van der Waals surface area (Å²) in [5, 5.41) is 0.963. The van der Waals surface area contributed by atoms with Crippen molar-refractivity contribution in [3.8, 4) is 5.75 Å². The number of aryl methyl sites for hydroxylation is 1. The molecule has 0 spiro atoms. The Kier molecular flexibility index (Phi) is 4.97. The molecule has 1 atom stereocenters. The molecular weight excluding hydrogens is 361 g/mol. The van der Waals surface area contributed by atoms with Crippen molar-refractivity contribution in [2.24, 2.45) is 5.73 Å². The standard InChI is InChI=1S/C15H14BrCl2NO/c1-8-6-13(20-2)10(7-11(8)16)15(19)9-4-3-5-12(17)14(9)18/h3-7,15H,19H2,1-2H3. The van der Waals surface area contributed by atoms with Gasteiger partial charge in [0.2, 0.25) is 0 Å². The van der Waals surface area contributed by atoms with Crippen LogP contribution in [0.1, 0.15) is 22.7 Å². The smallest absolute Gasteiger partial charge is 0.124 e. The molecular formula is C15H14BrCl2NO. The van der Waals surface area contributed by atoms with Gasteiger partial charge in [0, 0.05) is 10.0 Å². The van der Waals surface area contributed by atoms with Crippen LogP contribution in [0.15, 0.2) is 34.8 Å². The van der Waals surface area contributed by atoms with Crippen molar-refractivity contribution in [2.75, 3.05) is 7.11 Å². The van der Waals surface area contributed by atoms with Gasteiger partial charge in [-0.3, -0.25) is 0 Å². The number of ether oxygens (including phenoxy) is 1. The van der Waals surface area contributed by atoms with Gasteiger partial charge >= 0.3 is 0 Å². The Bertz CT molecular complexity index is 646. The third kappa shape index (κ3) is 2.96. The molecule has 2 aromatic carbocycles. The summed E-state index contributed by atoms with van der Waals surface area (Å²) in [5.74, 6) is 0.731. The zero-order chi connectivity index (χ0) is 14.9. The van der Waals surface area contributed by atoms with Crippen molar-refractivity contribution in [3.05, 3.63) is 61.5 Å². The number of rotatable bonds is 3. The molecule has 2 nitrogen and oxygen atoms in total. The second kappa shape index (κ2) is 6.35. The van der Waals surface area contributed by atoms with E-state index in [4.69, 9.17) is 33.7 Å². The SMILES string of the molecule is COc1cc(C)c(Br)cc1C(N)c1cccc(Cl)c1Cl. The van der Waals surface area contributed by atoms with Crippen LogP contribution in [0.3, 0.4) is 0 Å². The first-order valence-corrected chi connectivity index (χ1v) is 7.54. The maximum absolute atomic E-state index is 6.34. The van der Waals surface area contributed by atoms with E-state index in [1.807, 2.05) is 31.2 Å². The molecule has 20 heavy (non-hydrogen) atoms. The van der Waals surface area contributed by atoms with Crippen molar-refractivity contribution in [1.29, 1.82) is 0 Å². The molecule has 0 aromatic heterocycles. The van der Waals surface area contributed by atoms with Crippen molar-refractivity contribution < 1.29 is 4.74 Å². The molecule has 5 heteroatoms. The summed E-state index contributed by atoms with van der Waals surface area (Å²) in [6.07, 6.45) is 0. The van der Waals surface area contributed by atoms with Gasteiger partial charge in [-0.05, 0) is 36.2 Å². The Labute approximate surface area is 137 Å². The second-order valence-corrected chi connectivity index (χ2v) is 6.10. The number of hydrogen-bond donors (Lipinski definition) is 1. The zero-order valence-electron chi connectivity index (χ0n) is 11.1. The van der Waals surface area contributed by atoms with E-state index in [9.17, 15) is 0 Å². The molecule has 0 bridgehead atoms. The van der Waals surface area contributed by atoms with Crippen LogP contribution in [-0.4, -0.2) is 7.11 Å². The lowest BCUT2D eigenvalue weighted by atomic mass is 9.97. The monoisotopic (exact) mass is 373 g/mol. The fourth-order valence-corrected chi connectivity index (χ4v) is 2.80. The zero-order valence-corrected chi connectivity index (χ0v) is 14.2. The third-order valence-corrected chi connectivity index (χ3v) is 4.85. The highest BCUT2D eigenvalue weighted by Crippen LogP contribution is 2.37. The maximum Gasteiger partial charge on any atom is 0.124 e. The minimum Gasteiger partial charge on any atom is -0.496 e. The first kappa shape index (κ1) is 15.6. The van der Waals surface area contributed by atoms with Gasteiger partial charge in [0.05, 0.1) is 23.2 Å². The van der Waals surface area contributed by atoms with Gasteiger partial charge in [0.1, 0.15) is 5.75 Å². The van der Waals surface area contributed by atoms with Gasteiger partial charge in [0.25, 0.3) is 0 Å². The molecule has 1 unspecified atom stereocenters. The molecule has 2 N–H and O–H groups in total. The van der Waals surface area contributed by atoms with Crippen LogP contribution < -0.4 is 10.5 Å². The second-order valence-electron chi connectivity index (χ2n) is 4.46. The highest BCUT2D eigenvalue weighted by molar-refractivity contribution is 9.10. The lowest BCUT2D eigenvalue weighted by Crippen LogP contribution is -2.14. The van der Waals surface area contributed by atoms with Gasteiger partial charge < -0.3 is 10.5 Å². The molecule has 0 aliphatic heterocycles. The molecule has 0 radical (unpaired) electrons. The van der Waals surface area contributed by atoms with E-state index in [0.717, 1.165) is 26.9 Å². The molecule has 0 fully saturated rings. The summed E-state index contributed by atoms with van der Waals surface area (Å²) < 4.78 is 6.39. The van der Waals surface area contributed by atoms with Crippen LogP contribution in [-0.2, 0) is 0 Å². The van der Waals surface area contributed by atoms with Crippen molar-refractivity contribution >= 4 is 39.1 Å². The van der Waals surface area contributed by atoms with E-state index in [1.165, 1.54) is 0 Å². The summed E-state index contributed by atoms with van der Waals surface area (Å²) in [6.45, 7) is 1.99. The van der Waals surface area contributed by atoms with E-state index in [1.54, 1.807) is 13.2 Å². The fraction of sp³-hybridized carbons (Fsp3) is 0.200. The number of halogens is 3. The summed E-state index contributed by atoms with van der Waals surface area (Å²) in [4.78, 5) is 0. The number of hydrogen-bond acceptors (Lipinski definition) is 2. The van der Waals surface area contributed by atoms with Gasteiger partial charge in [-0.1, -0.05) is 51.3 Å². The molecule has 0 amide bonds. The van der Waals surface area contributed by atoms with Gasteiger partial charge in [-0.15, -0.1) is 0 Å². The van der Waals surface area contributed by atoms with E-state index in [2.05, 4.69) is 15.9 Å². The average Bonchev–Trinajstić information content (AvgIpc) is 2.43. The Morgan fingerprint density at radius 3 is 2.55 bits per heavy atom. The van der Waals surface area contributed by atoms with Gasteiger partial charge in [-0.25, -0.2) is 0 Å². The first-order chi connectivity index (χ1) is 9.45. The largest absolute Gasteiger partial charge is 0.496 e. The Morgan fingerprint density at radius 1 is 1.20 bits per heavy atom. The Morgan fingerprint density at radius 2 is 1.90 bits per heavy atom. The quantitative estimate of drug-likeness (QED) is 0.808. The summed E-state index contributed by atoms with van der Waals surface area (Å²) in [7, 11) is 1.62. The summed E-state index contributed by atoms with van der Waals surface area (Å²) in [5.41, 5.74) is 9.04. The van der Waals surface area contributed by atoms with E-state index in [-0.39, 0.29) is 0 Å². The maximum atomic E-state index is 6.34. The predicted octanol–water partition coefficient (Wildman–Crippen LogP) is 5.12. The molecule has 0 aliphatic rings. The highest BCUT2D eigenvalue weighted by atomic mass is 79.9. The van der Waals surface area contributed by atoms with Crippen LogP contribution in [0, 0.1) is 6.92 Å². The van der Waals surface area contributed by atoms with Crippen LogP contribution in [0.2, 0.25) is 10.0 Å². The molecule has 2 rings (SSSR count). The van der Waals surface area contributed by atoms with Crippen molar-refractivity contribution in [3.63, 3.8) is 0 Å². The fourth-order valence-electron chi connectivity index (χ4n) is 2.02. The highest BCUT2D eigenvalue weighted by Gasteiger charge is 2.19.